The maximum atomic E-state index is 14.3. The van der Waals surface area contributed by atoms with Crippen molar-refractivity contribution in [2.75, 3.05) is 0 Å². The van der Waals surface area contributed by atoms with Crippen LogP contribution in [0.25, 0.3) is 0 Å². The topological polar surface area (TPSA) is 49.3 Å². The van der Waals surface area contributed by atoms with Crippen molar-refractivity contribution < 1.29 is 18.7 Å². The third-order valence-electron chi connectivity index (χ3n) is 5.28. The molecule has 0 bridgehead atoms. The van der Waals surface area contributed by atoms with E-state index in [1.165, 1.54) is 12.1 Å². The lowest BCUT2D eigenvalue weighted by Gasteiger charge is -2.30. The van der Waals surface area contributed by atoms with E-state index in [2.05, 4.69) is 5.32 Å². The molecular weight excluding hydrogens is 348 g/mol. The minimum atomic E-state index is -1.43. The molecule has 0 radical (unpaired) electrons. The van der Waals surface area contributed by atoms with Crippen LogP contribution in [0.1, 0.15) is 53.9 Å². The molecule has 0 saturated heterocycles. The molecule has 144 valence electrons. The number of carbonyl (C=O) groups excluding carboxylic acids is 1. The summed E-state index contributed by atoms with van der Waals surface area (Å²) in [5.74, 6) is -0.329. The number of aliphatic hydroxyl groups is 1. The number of hydrogen-bond donors (Lipinski definition) is 2. The van der Waals surface area contributed by atoms with Gasteiger partial charge in [-0.1, -0.05) is 42.5 Å². The third-order valence-corrected chi connectivity index (χ3v) is 5.28. The van der Waals surface area contributed by atoms with E-state index in [-0.39, 0.29) is 18.3 Å². The Morgan fingerprint density at radius 1 is 1.04 bits per heavy atom. The highest BCUT2D eigenvalue weighted by Gasteiger charge is 2.27. The molecule has 0 aliphatic heterocycles. The Balaban J connectivity index is 1.44. The number of benzene rings is 2. The second kappa shape index (κ2) is 9.20. The smallest absolute Gasteiger partial charge is 0.191 e. The highest BCUT2D eigenvalue weighted by atomic mass is 19.1. The van der Waals surface area contributed by atoms with Crippen molar-refractivity contribution >= 4 is 5.78 Å². The van der Waals surface area contributed by atoms with Gasteiger partial charge in [0.05, 0.1) is 0 Å². The van der Waals surface area contributed by atoms with Crippen LogP contribution in [0.5, 0.6) is 0 Å². The first-order valence-electron chi connectivity index (χ1n) is 9.46. The van der Waals surface area contributed by atoms with Crippen LogP contribution in [-0.2, 0) is 0 Å². The second-order valence-corrected chi connectivity index (χ2v) is 7.22. The van der Waals surface area contributed by atoms with Crippen LogP contribution in [0, 0.1) is 5.82 Å². The molecule has 1 saturated carbocycles. The van der Waals surface area contributed by atoms with Crippen molar-refractivity contribution in [3.63, 3.8) is 0 Å². The van der Waals surface area contributed by atoms with Gasteiger partial charge in [-0.25, -0.2) is 8.78 Å². The van der Waals surface area contributed by atoms with Crippen LogP contribution in [0.15, 0.2) is 54.6 Å². The Bertz CT molecular complexity index is 728. The molecule has 3 rings (SSSR count). The Kier molecular flexibility index (Phi) is 6.69. The number of carbonyl (C=O) groups is 1. The highest BCUT2D eigenvalue weighted by molar-refractivity contribution is 5.99. The third kappa shape index (κ3) is 5.44. The van der Waals surface area contributed by atoms with Crippen LogP contribution < -0.4 is 5.32 Å². The van der Waals surface area contributed by atoms with Crippen LogP contribution in [0.3, 0.4) is 0 Å². The Morgan fingerprint density at radius 2 is 1.67 bits per heavy atom. The van der Waals surface area contributed by atoms with Gasteiger partial charge < -0.3 is 5.11 Å². The van der Waals surface area contributed by atoms with Crippen molar-refractivity contribution in [1.29, 1.82) is 0 Å². The average molecular weight is 373 g/mol. The van der Waals surface area contributed by atoms with Gasteiger partial charge in [0.15, 0.2) is 12.1 Å². The van der Waals surface area contributed by atoms with Crippen molar-refractivity contribution in [1.82, 2.24) is 5.32 Å². The minimum Gasteiger partial charge on any atom is -0.385 e. The predicted octanol–water partition coefficient (Wildman–Crippen LogP) is 4.37. The fourth-order valence-electron chi connectivity index (χ4n) is 3.75. The number of ketones is 1. The molecule has 3 nitrogen and oxygen atoms in total. The Hall–Kier alpha value is -2.11. The van der Waals surface area contributed by atoms with Crippen molar-refractivity contribution in [2.45, 2.75) is 56.5 Å². The van der Waals surface area contributed by atoms with Crippen molar-refractivity contribution in [3.05, 3.63) is 71.5 Å². The monoisotopic (exact) mass is 373 g/mol. The number of halogens is 2. The SMILES string of the molecule is O=C(c1ccccc1)C(O)CC(F)NC1CCC(c2ccc(F)cc2)CC1. The largest absolute Gasteiger partial charge is 0.385 e. The van der Waals surface area contributed by atoms with E-state index in [9.17, 15) is 18.7 Å². The molecule has 2 atom stereocenters. The normalized spacial score (nSPS) is 22.2. The number of nitrogens with one attached hydrogen (secondary N) is 1. The number of aliphatic hydroxyl groups excluding tert-OH is 1. The summed E-state index contributed by atoms with van der Waals surface area (Å²) in [7, 11) is 0. The molecule has 0 heterocycles. The molecule has 0 aromatic heterocycles. The maximum Gasteiger partial charge on any atom is 0.191 e. The highest BCUT2D eigenvalue weighted by Crippen LogP contribution is 2.33. The van der Waals surface area contributed by atoms with Gasteiger partial charge >= 0.3 is 0 Å². The number of hydrogen-bond acceptors (Lipinski definition) is 3. The van der Waals surface area contributed by atoms with Crippen molar-refractivity contribution in [2.24, 2.45) is 0 Å². The molecular formula is C22H25F2NO2. The summed E-state index contributed by atoms with van der Waals surface area (Å²) in [6, 6.07) is 15.0. The van der Waals surface area contributed by atoms with E-state index < -0.39 is 18.2 Å². The summed E-state index contributed by atoms with van der Waals surface area (Å²) in [5, 5.41) is 12.9. The second-order valence-electron chi connectivity index (χ2n) is 7.22. The zero-order valence-corrected chi connectivity index (χ0v) is 15.2. The molecule has 1 fully saturated rings. The molecule has 1 aliphatic rings. The van der Waals surface area contributed by atoms with E-state index in [0.717, 1.165) is 31.2 Å². The number of alkyl halides is 1. The van der Waals surface area contributed by atoms with E-state index in [4.69, 9.17) is 0 Å². The maximum absolute atomic E-state index is 14.3. The lowest BCUT2D eigenvalue weighted by molar-refractivity contribution is 0.0620. The molecule has 2 unspecified atom stereocenters. The van der Waals surface area contributed by atoms with E-state index in [1.54, 1.807) is 30.3 Å². The summed E-state index contributed by atoms with van der Waals surface area (Å²) < 4.78 is 27.3. The molecule has 0 spiro atoms. The van der Waals surface area contributed by atoms with Gasteiger partial charge in [-0.3, -0.25) is 10.1 Å². The molecule has 2 N–H and O–H groups in total. The summed E-state index contributed by atoms with van der Waals surface area (Å²) in [4.78, 5) is 12.1. The fourth-order valence-corrected chi connectivity index (χ4v) is 3.75. The zero-order valence-electron chi connectivity index (χ0n) is 15.2. The molecule has 1 aliphatic carbocycles. The van der Waals surface area contributed by atoms with Gasteiger partial charge in [-0.05, 0) is 49.3 Å². The Labute approximate surface area is 158 Å². The van der Waals surface area contributed by atoms with Gasteiger partial charge in [-0.15, -0.1) is 0 Å². The Morgan fingerprint density at radius 3 is 2.30 bits per heavy atom. The molecule has 2 aromatic carbocycles. The van der Waals surface area contributed by atoms with Crippen molar-refractivity contribution in [3.8, 4) is 0 Å². The summed E-state index contributed by atoms with van der Waals surface area (Å²) >= 11 is 0. The summed E-state index contributed by atoms with van der Waals surface area (Å²) in [5.41, 5.74) is 1.51. The average Bonchev–Trinajstić information content (AvgIpc) is 2.69. The zero-order chi connectivity index (χ0) is 19.2. The molecule has 5 heteroatoms. The lowest BCUT2D eigenvalue weighted by atomic mass is 9.81. The van der Waals surface area contributed by atoms with Crippen LogP contribution in [-0.4, -0.2) is 29.3 Å². The van der Waals surface area contributed by atoms with Gasteiger partial charge in [0, 0.05) is 18.0 Å². The van der Waals surface area contributed by atoms with Gasteiger partial charge in [0.25, 0.3) is 0 Å². The first-order chi connectivity index (χ1) is 13.0. The lowest BCUT2D eigenvalue weighted by Crippen LogP contribution is -2.40. The van der Waals surface area contributed by atoms with E-state index >= 15 is 0 Å². The summed E-state index contributed by atoms with van der Waals surface area (Å²) in [6.07, 6.45) is 0.385. The van der Waals surface area contributed by atoms with E-state index in [0.29, 0.717) is 11.5 Å². The fraction of sp³-hybridized carbons (Fsp3) is 0.409. The van der Waals surface area contributed by atoms with Crippen LogP contribution >= 0.6 is 0 Å². The van der Waals surface area contributed by atoms with Gasteiger partial charge in [0.2, 0.25) is 0 Å². The number of Topliss-reactive ketones (excluding diaryl/α,β-unsaturated/α-hetero) is 1. The number of rotatable bonds is 7. The first-order valence-corrected chi connectivity index (χ1v) is 9.46. The first kappa shape index (κ1) is 19.6. The van der Waals surface area contributed by atoms with Gasteiger partial charge in [-0.2, -0.15) is 0 Å². The summed E-state index contributed by atoms with van der Waals surface area (Å²) in [6.45, 7) is 0. The van der Waals surface area contributed by atoms with Gasteiger partial charge in [0.1, 0.15) is 11.9 Å². The molecule has 27 heavy (non-hydrogen) atoms. The quantitative estimate of drug-likeness (QED) is 0.560. The van der Waals surface area contributed by atoms with Crippen LogP contribution in [0.2, 0.25) is 0 Å². The molecule has 0 amide bonds. The van der Waals surface area contributed by atoms with E-state index in [1.807, 2.05) is 12.1 Å². The standard InChI is InChI=1S/C22H25F2NO2/c23-18-10-6-15(7-11-18)16-8-12-19(13-9-16)25-21(24)14-20(26)22(27)17-4-2-1-3-5-17/h1-7,10-11,16,19-21,25-26H,8-9,12-14H2. The minimum absolute atomic E-state index is 0.0238. The molecule has 2 aromatic rings. The predicted molar refractivity (Wildman–Crippen MR) is 101 cm³/mol. The van der Waals surface area contributed by atoms with Crippen LogP contribution in [0.4, 0.5) is 8.78 Å².